The molecule has 2 rings (SSSR count). The fraction of sp³-hybridized carbons (Fsp3) is 0.565. The summed E-state index contributed by atoms with van der Waals surface area (Å²) in [5.74, 6) is 1.60. The summed E-state index contributed by atoms with van der Waals surface area (Å²) in [6, 6.07) is 1.51. The van der Waals surface area contributed by atoms with E-state index in [1.165, 1.54) is 61.3 Å². The largest absolute Gasteiger partial charge is 0.431 e. The van der Waals surface area contributed by atoms with Crippen LogP contribution in [0.1, 0.15) is 75.2 Å². The number of nitrogens with two attached hydrogens (primary N) is 1. The molecule has 1 aliphatic rings. The Hall–Kier alpha value is -2.18. The molecule has 0 aliphatic carbocycles. The maximum atomic E-state index is 11.9. The highest BCUT2D eigenvalue weighted by Gasteiger charge is 2.57. The highest BCUT2D eigenvalue weighted by Crippen LogP contribution is 2.37. The van der Waals surface area contributed by atoms with Gasteiger partial charge in [-0.1, -0.05) is 63.7 Å². The molecule has 31 heavy (non-hydrogen) atoms. The van der Waals surface area contributed by atoms with E-state index in [0.717, 1.165) is 31.4 Å². The molecule has 2 atom stereocenters. The predicted molar refractivity (Wildman–Crippen MR) is 118 cm³/mol. The molecule has 7 nitrogen and oxygen atoms in total. The van der Waals surface area contributed by atoms with Gasteiger partial charge in [-0.3, -0.25) is 5.73 Å². The topological polar surface area (TPSA) is 119 Å². The number of esters is 2. The molecule has 0 spiro atoms. The Balaban J connectivity index is 1.97. The number of hydrogen-bond donors (Lipinski definition) is 3. The quantitative estimate of drug-likeness (QED) is 0.285. The Morgan fingerprint density at radius 1 is 1.03 bits per heavy atom. The second-order valence-corrected chi connectivity index (χ2v) is 8.50. The van der Waals surface area contributed by atoms with Gasteiger partial charge in [0, 0.05) is 29.5 Å². The minimum atomic E-state index is -2.56. The van der Waals surface area contributed by atoms with Crippen LogP contribution in [0.2, 0.25) is 0 Å². The lowest BCUT2D eigenvalue weighted by atomic mass is 9.96. The van der Waals surface area contributed by atoms with Gasteiger partial charge in [-0.15, -0.1) is 11.3 Å². The Morgan fingerprint density at radius 2 is 1.65 bits per heavy atom. The molecule has 8 heteroatoms. The predicted octanol–water partition coefficient (Wildman–Crippen LogP) is 3.08. The van der Waals surface area contributed by atoms with Crippen LogP contribution in [-0.4, -0.2) is 34.5 Å². The van der Waals surface area contributed by atoms with Gasteiger partial charge in [0.2, 0.25) is 0 Å². The van der Waals surface area contributed by atoms with Crippen LogP contribution < -0.4 is 5.73 Å². The third-order valence-electron chi connectivity index (χ3n) is 5.05. The summed E-state index contributed by atoms with van der Waals surface area (Å²) < 4.78 is 10.0. The first kappa shape index (κ1) is 25.1. The molecule has 2 heterocycles. The number of cyclic esters (lactones) is 2. The molecule has 0 saturated carbocycles. The second-order valence-electron chi connectivity index (χ2n) is 7.59. The number of aliphatic hydroxyl groups excluding tert-OH is 1. The van der Waals surface area contributed by atoms with Crippen LogP contribution in [-0.2, 0) is 24.8 Å². The smallest absolute Gasteiger partial charge is 0.333 e. The third-order valence-corrected chi connectivity index (χ3v) is 5.90. The molecule has 0 amide bonds. The molecule has 4 N–H and O–H groups in total. The van der Waals surface area contributed by atoms with Gasteiger partial charge in [0.05, 0.1) is 4.88 Å². The van der Waals surface area contributed by atoms with Gasteiger partial charge in [-0.2, -0.15) is 0 Å². The lowest BCUT2D eigenvalue weighted by molar-refractivity contribution is -0.304. The van der Waals surface area contributed by atoms with Gasteiger partial charge in [0.1, 0.15) is 6.61 Å². The average Bonchev–Trinajstić information content (AvgIpc) is 3.22. The summed E-state index contributed by atoms with van der Waals surface area (Å²) in [7, 11) is 0. The number of carbonyl (C=O) groups is 2. The highest BCUT2D eigenvalue weighted by atomic mass is 32.1. The molecule has 0 bridgehead atoms. The summed E-state index contributed by atoms with van der Waals surface area (Å²) in [6.45, 7) is 1.25. The Labute approximate surface area is 187 Å². The van der Waals surface area contributed by atoms with Crippen LogP contribution in [0.3, 0.4) is 0 Å². The second kappa shape index (κ2) is 12.0. The fourth-order valence-corrected chi connectivity index (χ4v) is 4.01. The standard InChI is InChI=1S/C23H31NO6S/c1-2-3-4-5-6-7-8-9-10-11-12-19-15-18(16-31-19)23(28)22(24,17-25)29-20(26)13-14-21(27)30-23/h13-16,25,28H,2-10,17,24H2,1H3/b14-13-. The number of carbonyl (C=O) groups excluding carboxylic acids is 2. The number of thiophene rings is 1. The van der Waals surface area contributed by atoms with Crippen molar-refractivity contribution in [3.05, 3.63) is 34.0 Å². The molecule has 0 fully saturated rings. The van der Waals surface area contributed by atoms with E-state index in [4.69, 9.17) is 15.2 Å². The normalized spacial score (nSPS) is 24.4. The minimum Gasteiger partial charge on any atom is -0.431 e. The van der Waals surface area contributed by atoms with Crippen molar-refractivity contribution in [3.63, 3.8) is 0 Å². The summed E-state index contributed by atoms with van der Waals surface area (Å²) in [5.41, 5.74) is 3.62. The monoisotopic (exact) mass is 449 g/mol. The van der Waals surface area contributed by atoms with Crippen molar-refractivity contribution >= 4 is 23.3 Å². The first-order valence-corrected chi connectivity index (χ1v) is 11.6. The van der Waals surface area contributed by atoms with E-state index in [-0.39, 0.29) is 5.56 Å². The van der Waals surface area contributed by atoms with Gasteiger partial charge in [0.25, 0.3) is 11.5 Å². The molecule has 0 radical (unpaired) electrons. The van der Waals surface area contributed by atoms with Crippen molar-refractivity contribution in [2.75, 3.05) is 6.61 Å². The van der Waals surface area contributed by atoms with Gasteiger partial charge in [-0.05, 0) is 12.5 Å². The number of hydrogen-bond acceptors (Lipinski definition) is 8. The zero-order valence-corrected chi connectivity index (χ0v) is 18.7. The van der Waals surface area contributed by atoms with E-state index in [9.17, 15) is 19.8 Å². The molecule has 2 unspecified atom stereocenters. The van der Waals surface area contributed by atoms with Crippen LogP contribution in [0.25, 0.3) is 0 Å². The van der Waals surface area contributed by atoms with E-state index >= 15 is 0 Å². The number of ether oxygens (including phenoxy) is 2. The first-order chi connectivity index (χ1) is 14.8. The molecule has 170 valence electrons. The SMILES string of the molecule is CCCCCCCCCCC#Cc1cc(C2(O)OC(=O)/C=C\C(=O)OC2(N)CO)cs1. The molecule has 0 saturated heterocycles. The number of rotatable bonds is 10. The van der Waals surface area contributed by atoms with Crippen LogP contribution >= 0.6 is 11.3 Å². The molecular weight excluding hydrogens is 418 g/mol. The van der Waals surface area contributed by atoms with E-state index < -0.39 is 30.1 Å². The van der Waals surface area contributed by atoms with E-state index in [2.05, 4.69) is 18.8 Å². The van der Waals surface area contributed by atoms with Crippen LogP contribution in [0.5, 0.6) is 0 Å². The number of aliphatic hydroxyl groups is 2. The Kier molecular flexibility index (Phi) is 9.72. The Bertz CT molecular complexity index is 839. The van der Waals surface area contributed by atoms with Gasteiger partial charge in [0.15, 0.2) is 0 Å². The van der Waals surface area contributed by atoms with Crippen molar-refractivity contribution in [2.45, 2.75) is 76.2 Å². The van der Waals surface area contributed by atoms with Crippen molar-refractivity contribution in [1.82, 2.24) is 0 Å². The van der Waals surface area contributed by atoms with E-state index in [0.29, 0.717) is 4.88 Å². The molecule has 0 aromatic carbocycles. The van der Waals surface area contributed by atoms with Crippen LogP contribution in [0.15, 0.2) is 23.6 Å². The molecule has 1 aromatic heterocycles. The van der Waals surface area contributed by atoms with Gasteiger partial charge in [-0.25, -0.2) is 9.59 Å². The fourth-order valence-electron chi connectivity index (χ4n) is 3.20. The van der Waals surface area contributed by atoms with Crippen LogP contribution in [0.4, 0.5) is 0 Å². The zero-order valence-electron chi connectivity index (χ0n) is 17.9. The lowest BCUT2D eigenvalue weighted by Crippen LogP contribution is -2.65. The first-order valence-electron chi connectivity index (χ1n) is 10.7. The lowest BCUT2D eigenvalue weighted by Gasteiger charge is -2.41. The summed E-state index contributed by atoms with van der Waals surface area (Å²) >= 11 is 1.23. The molecule has 1 aliphatic heterocycles. The highest BCUT2D eigenvalue weighted by molar-refractivity contribution is 7.10. The maximum Gasteiger partial charge on any atom is 0.333 e. The third kappa shape index (κ3) is 6.91. The van der Waals surface area contributed by atoms with E-state index in [1.54, 1.807) is 0 Å². The van der Waals surface area contributed by atoms with Crippen molar-refractivity contribution < 1.29 is 29.3 Å². The van der Waals surface area contributed by atoms with Gasteiger partial charge < -0.3 is 19.7 Å². The number of unbranched alkanes of at least 4 members (excludes halogenated alkanes) is 8. The summed E-state index contributed by atoms with van der Waals surface area (Å²) in [4.78, 5) is 24.3. The Morgan fingerprint density at radius 3 is 2.29 bits per heavy atom. The minimum absolute atomic E-state index is 0.0712. The van der Waals surface area contributed by atoms with Gasteiger partial charge >= 0.3 is 11.9 Å². The molecular formula is C23H31NO6S. The van der Waals surface area contributed by atoms with Crippen molar-refractivity contribution in [1.29, 1.82) is 0 Å². The molecule has 1 aromatic rings. The maximum absolute atomic E-state index is 11.9. The summed E-state index contributed by atoms with van der Waals surface area (Å²) in [5, 5.41) is 22.2. The van der Waals surface area contributed by atoms with Crippen molar-refractivity contribution in [3.8, 4) is 11.8 Å². The van der Waals surface area contributed by atoms with Crippen molar-refractivity contribution in [2.24, 2.45) is 5.73 Å². The van der Waals surface area contributed by atoms with Crippen LogP contribution in [0, 0.1) is 11.8 Å². The van der Waals surface area contributed by atoms with E-state index in [1.807, 2.05) is 0 Å². The zero-order chi connectivity index (χ0) is 22.7. The average molecular weight is 450 g/mol. The summed E-state index contributed by atoms with van der Waals surface area (Å²) in [6.07, 6.45) is 12.2.